The molecule has 4 fully saturated rings. The fourth-order valence-electron chi connectivity index (χ4n) is 20.2. The third kappa shape index (κ3) is 28.3. The Hall–Kier alpha value is -11.5. The normalized spacial score (nSPS) is 20.4. The summed E-state index contributed by atoms with van der Waals surface area (Å²) in [6.45, 7) is 85.9. The van der Waals surface area contributed by atoms with Gasteiger partial charge in [0.25, 0.3) is 46.9 Å². The summed E-state index contributed by atoms with van der Waals surface area (Å²) in [5.74, 6) is 0.305. The Morgan fingerprint density at radius 1 is 0.380 bits per heavy atom. The summed E-state index contributed by atoms with van der Waals surface area (Å²) in [6.07, 6.45) is 32.6. The lowest BCUT2D eigenvalue weighted by molar-refractivity contribution is -0.131. The Balaban J connectivity index is 0.000000159. The zero-order valence-corrected chi connectivity index (χ0v) is 87.7. The SMILES string of the molecule is [C-]#[N+]C1=CCC(C(=O)Nc2ccc(C(C)(C)N3CCN(C(C)=O)CC3)cc2C2=CCC(C)(C)CC2)=N1.[C-]#[N+]C1=CCC(C(=O)Nc2ccc(C(C)(C)N3CCN(CC)CC3)cc2C2=CCC(C)(C)CC2)=N1.[C-]#[N+]C1=CCC(C(=O)Nc2ccc(C(C)(C)OCCN3CCCC3)cc2C2=CCC(C)(C)CC2)=N1.[C-]#[N+]C1=CCC(C(=O)Nc2ccc(C(C)(C)OCCN3CCOCC3)cc2C2=CCC(C)(C)CC2)=N1. The molecule has 0 radical (unpaired) electrons. The predicted octanol–water partition coefficient (Wildman–Crippen LogP) is 22.5. The average molecular weight is 1930 g/mol. The van der Waals surface area contributed by atoms with Crippen molar-refractivity contribution in [3.05, 3.63) is 235 Å². The lowest BCUT2D eigenvalue weighted by Gasteiger charge is -2.44. The van der Waals surface area contributed by atoms with Gasteiger partial charge < -0.3 is 69.6 Å². The maximum atomic E-state index is 13.0. The van der Waals surface area contributed by atoms with Crippen LogP contribution in [0.4, 0.5) is 22.7 Å². The number of carbonyl (C=O) groups is 5. The van der Waals surface area contributed by atoms with Gasteiger partial charge in [-0.05, 0) is 280 Å². The number of likely N-dealkylation sites (N-methyl/N-ethyl adjacent to an activating group) is 1. The van der Waals surface area contributed by atoms with E-state index >= 15 is 0 Å². The fourth-order valence-corrected chi connectivity index (χ4v) is 20.2. The number of aliphatic imine (C=N–C) groups is 4. The molecule has 0 aromatic heterocycles. The first-order chi connectivity index (χ1) is 67.5. The van der Waals surface area contributed by atoms with Gasteiger partial charge in [-0.3, -0.25) is 38.7 Å². The molecule has 142 heavy (non-hydrogen) atoms. The van der Waals surface area contributed by atoms with Gasteiger partial charge in [-0.1, -0.05) is 161 Å². The maximum Gasteiger partial charge on any atom is 0.293 e. The third-order valence-corrected chi connectivity index (χ3v) is 30.7. The molecule has 4 aromatic rings. The number of nitrogens with zero attached hydrogens (tertiary/aromatic N) is 14. The molecule has 4 aliphatic carbocycles. The number of hydrogen-bond acceptors (Lipinski definition) is 17. The third-order valence-electron chi connectivity index (χ3n) is 30.7. The van der Waals surface area contributed by atoms with E-state index in [1.165, 1.54) is 59.4 Å². The van der Waals surface area contributed by atoms with Gasteiger partial charge in [0, 0.05) is 167 Å². The minimum atomic E-state index is -0.470. The zero-order valence-electron chi connectivity index (χ0n) is 87.7. The Labute approximate surface area is 845 Å². The van der Waals surface area contributed by atoms with Crippen molar-refractivity contribution < 1.29 is 38.2 Å². The lowest BCUT2D eigenvalue weighted by atomic mass is 9.76. The minimum absolute atomic E-state index is 0.102. The van der Waals surface area contributed by atoms with Crippen molar-refractivity contribution in [2.75, 3.05) is 146 Å². The first-order valence-corrected chi connectivity index (χ1v) is 51.5. The van der Waals surface area contributed by atoms with Crippen LogP contribution in [-0.4, -0.2) is 206 Å². The Kier molecular flexibility index (Phi) is 35.6. The van der Waals surface area contributed by atoms with Crippen LogP contribution in [0.25, 0.3) is 41.7 Å². The van der Waals surface area contributed by atoms with E-state index in [0.717, 1.165) is 231 Å². The molecular weight excluding hydrogens is 1770 g/mol. The van der Waals surface area contributed by atoms with Crippen LogP contribution in [0.2, 0.25) is 0 Å². The van der Waals surface area contributed by atoms with Crippen molar-refractivity contribution in [1.82, 2.24) is 29.4 Å². The molecule has 4 aromatic carbocycles. The van der Waals surface area contributed by atoms with Crippen molar-refractivity contribution in [2.45, 2.75) is 262 Å². The zero-order chi connectivity index (χ0) is 102. The molecule has 754 valence electrons. The number of carbonyl (C=O) groups excluding carboxylic acids is 5. The minimum Gasteiger partial charge on any atom is -0.379 e. The van der Waals surface area contributed by atoms with Crippen LogP contribution in [0.15, 0.2) is 165 Å². The summed E-state index contributed by atoms with van der Waals surface area (Å²) in [5, 5.41) is 12.4. The second-order valence-corrected chi connectivity index (χ2v) is 44.7. The molecule has 0 unspecified atom stereocenters. The number of nitrogens with one attached hydrogen (secondary N) is 4. The van der Waals surface area contributed by atoms with Gasteiger partial charge in [-0.15, -0.1) is 20.0 Å². The molecule has 8 aliphatic heterocycles. The van der Waals surface area contributed by atoms with Crippen LogP contribution in [0, 0.1) is 47.9 Å². The van der Waals surface area contributed by atoms with Crippen molar-refractivity contribution in [3.63, 3.8) is 0 Å². The Morgan fingerprint density at radius 3 is 0.930 bits per heavy atom. The summed E-state index contributed by atoms with van der Waals surface area (Å²) < 4.78 is 18.2. The molecule has 4 saturated heterocycles. The molecule has 4 N–H and O–H groups in total. The Bertz CT molecular complexity index is 5950. The molecule has 26 heteroatoms. The van der Waals surface area contributed by atoms with E-state index < -0.39 is 11.2 Å². The smallest absolute Gasteiger partial charge is 0.293 e. The highest BCUT2D eigenvalue weighted by Gasteiger charge is 2.39. The van der Waals surface area contributed by atoms with Gasteiger partial charge >= 0.3 is 0 Å². The first kappa shape index (κ1) is 108. The van der Waals surface area contributed by atoms with E-state index in [1.54, 1.807) is 31.2 Å². The highest BCUT2D eigenvalue weighted by Crippen LogP contribution is 2.48. The number of morpholine rings is 1. The molecule has 16 rings (SSSR count). The topological polar surface area (TPSA) is 247 Å². The maximum absolute atomic E-state index is 13.0. The summed E-state index contributed by atoms with van der Waals surface area (Å²) >= 11 is 0. The van der Waals surface area contributed by atoms with Gasteiger partial charge in [0.05, 0.1) is 37.6 Å². The van der Waals surface area contributed by atoms with Crippen LogP contribution in [0.5, 0.6) is 0 Å². The van der Waals surface area contributed by atoms with E-state index in [9.17, 15) is 24.0 Å². The predicted molar refractivity (Wildman–Crippen MR) is 574 cm³/mol. The van der Waals surface area contributed by atoms with Crippen LogP contribution in [0.1, 0.15) is 285 Å². The number of rotatable bonds is 27. The Morgan fingerprint density at radius 2 is 0.662 bits per heavy atom. The summed E-state index contributed by atoms with van der Waals surface area (Å²) in [4.78, 5) is 108. The number of piperazine rings is 2. The van der Waals surface area contributed by atoms with Crippen molar-refractivity contribution >= 4 is 97.4 Å². The number of allylic oxidation sites excluding steroid dienone is 12. The molecule has 0 bridgehead atoms. The van der Waals surface area contributed by atoms with E-state index in [1.807, 2.05) is 29.2 Å². The van der Waals surface area contributed by atoms with E-state index in [0.29, 0.717) is 78.4 Å². The van der Waals surface area contributed by atoms with E-state index in [4.69, 9.17) is 40.5 Å². The first-order valence-electron chi connectivity index (χ1n) is 51.5. The summed E-state index contributed by atoms with van der Waals surface area (Å²) in [6, 6.07) is 25.3. The molecule has 8 heterocycles. The number of benzene rings is 4. The highest BCUT2D eigenvalue weighted by molar-refractivity contribution is 6.46. The molecule has 0 saturated carbocycles. The summed E-state index contributed by atoms with van der Waals surface area (Å²) in [5.41, 5.74) is 18.7. The summed E-state index contributed by atoms with van der Waals surface area (Å²) in [7, 11) is 0. The largest absolute Gasteiger partial charge is 0.379 e. The van der Waals surface area contributed by atoms with Crippen molar-refractivity contribution in [1.29, 1.82) is 0 Å². The number of hydrogen-bond donors (Lipinski definition) is 4. The van der Waals surface area contributed by atoms with Crippen LogP contribution in [0.3, 0.4) is 0 Å². The lowest BCUT2D eigenvalue weighted by Crippen LogP contribution is -2.54. The molecular formula is C116H152N18O8. The molecule has 26 nitrogen and oxygen atoms in total. The number of anilines is 4. The molecule has 0 spiro atoms. The van der Waals surface area contributed by atoms with E-state index in [-0.39, 0.29) is 68.9 Å². The second kappa shape index (κ2) is 46.9. The van der Waals surface area contributed by atoms with Gasteiger partial charge in [-0.25, -0.2) is 0 Å². The number of amides is 5. The monoisotopic (exact) mass is 1930 g/mol. The molecule has 0 atom stereocenters. The van der Waals surface area contributed by atoms with Gasteiger partial charge in [0.2, 0.25) is 5.91 Å². The molecule has 5 amide bonds. The van der Waals surface area contributed by atoms with E-state index in [2.05, 4.69) is 276 Å². The van der Waals surface area contributed by atoms with Crippen molar-refractivity contribution in [3.8, 4) is 0 Å². The van der Waals surface area contributed by atoms with Gasteiger partial charge in [0.1, 0.15) is 0 Å². The quantitative estimate of drug-likeness (QED) is 0.0406. The number of likely N-dealkylation sites (tertiary alicyclic amines) is 1. The second-order valence-electron chi connectivity index (χ2n) is 44.7. The van der Waals surface area contributed by atoms with Crippen LogP contribution >= 0.6 is 0 Å². The average Bonchev–Trinajstić information content (AvgIpc) is 0.840. The van der Waals surface area contributed by atoms with Crippen LogP contribution in [-0.2, 0) is 60.5 Å². The molecule has 12 aliphatic rings. The van der Waals surface area contributed by atoms with Crippen LogP contribution < -0.4 is 21.3 Å². The number of ether oxygens (including phenoxy) is 3. The van der Waals surface area contributed by atoms with Gasteiger partial charge in [0.15, 0.2) is 22.8 Å². The van der Waals surface area contributed by atoms with Crippen molar-refractivity contribution in [2.24, 2.45) is 41.6 Å². The highest BCUT2D eigenvalue weighted by atomic mass is 16.5. The standard InChI is InChI=1S/C29H37N5O2.C29H39N5O.C29H38N4O3.C29H38N4O2/c1-20(35)33-15-17-34(18-16-33)29(4,5)22-7-8-24(32-27(36)25-9-10-26(30-6)31-25)23(19-22)21-11-13-28(2,3)14-12-21;1-7-33-16-18-34(19-17-33)29(4,5)22-8-9-24(32-27(35)25-10-11-26(30-6)31-25)23(20-22)21-12-14-28(2,3)15-13-21;1-28(2)12-10-21(11-13-28)23-20-22(29(3,4)36-19-16-33-14-17-35-18-15-33)6-7-24(23)32-27(34)25-8-9-26(30-5)31-25;1-28(2)14-12-21(13-15-28)23-20-22(29(3,4)35-19-18-33-16-6-7-17-33)8-9-24(23)32-27(34)25-10-11-26(30-5)31-25/h7-8,10-11,19H,9,12-18H2,1-5H3,(H,32,36);8-9,11-12,20H,7,10,13-19H2,1-5H3,(H,32,35);6-7,9-10,20H,8,11-19H2,1-4H3,(H,32,34);8-9,11-12,20H,6-7,10,13-19H2,1-4H3,(H,32,34). The van der Waals surface area contributed by atoms with Gasteiger partial charge in [-0.2, -0.15) is 0 Å². The fraction of sp³-hybridized carbons (Fsp3) is 0.543.